The van der Waals surface area contributed by atoms with Gasteiger partial charge >= 0.3 is 0 Å². The largest absolute Gasteiger partial charge is 0.508 e. The van der Waals surface area contributed by atoms with Crippen molar-refractivity contribution in [2.24, 2.45) is 0 Å². The molecule has 0 heterocycles. The molecule has 0 amide bonds. The summed E-state index contributed by atoms with van der Waals surface area (Å²) in [6.45, 7) is 0. The van der Waals surface area contributed by atoms with Crippen LogP contribution in [0.2, 0.25) is 10.0 Å². The topological polar surface area (TPSA) is 37.3 Å². The smallest absolute Gasteiger partial charge is 0.189 e. The highest BCUT2D eigenvalue weighted by Gasteiger charge is 2.24. The van der Waals surface area contributed by atoms with Gasteiger partial charge in [-0.3, -0.25) is 4.79 Å². The third-order valence-electron chi connectivity index (χ3n) is 3.30. The summed E-state index contributed by atoms with van der Waals surface area (Å²) in [4.78, 5) is 12.3. The highest BCUT2D eigenvalue weighted by Crippen LogP contribution is 2.31. The predicted octanol–water partition coefficient (Wildman–Crippen LogP) is 4.52. The fourth-order valence-corrected chi connectivity index (χ4v) is 2.61. The number of allylic oxidation sites excluding steroid dienone is 1. The molecule has 2 aromatic rings. The lowest BCUT2D eigenvalue weighted by molar-refractivity contribution is 0.104. The molecule has 1 N–H and O–H groups in total. The summed E-state index contributed by atoms with van der Waals surface area (Å²) in [5.74, 6) is 0.0508. The van der Waals surface area contributed by atoms with Gasteiger partial charge in [-0.1, -0.05) is 35.3 Å². The molecule has 0 spiro atoms. The second-order valence-electron chi connectivity index (χ2n) is 4.69. The molecule has 0 unspecified atom stereocenters. The monoisotopic (exact) mass is 304 g/mol. The van der Waals surface area contributed by atoms with Crippen molar-refractivity contribution in [3.05, 3.63) is 68.7 Å². The number of fused-ring (bicyclic) bond motifs is 1. The zero-order valence-electron chi connectivity index (χ0n) is 10.4. The number of phenols is 1. The molecule has 100 valence electrons. The molecular formula is C16H10Cl2O2. The second kappa shape index (κ2) is 4.97. The molecule has 2 nitrogen and oxygen atoms in total. The number of ketones is 1. The standard InChI is InChI=1S/C16H10Cl2O2/c17-14-4-1-9(6-15(14)18)5-11-7-10-2-3-12(19)8-13(10)16(11)20/h1-6,8,19H,7H2. The van der Waals surface area contributed by atoms with Gasteiger partial charge in [0.15, 0.2) is 5.78 Å². The van der Waals surface area contributed by atoms with Crippen LogP contribution in [0.4, 0.5) is 0 Å². The lowest BCUT2D eigenvalue weighted by Crippen LogP contribution is -1.95. The van der Waals surface area contributed by atoms with E-state index in [4.69, 9.17) is 23.2 Å². The first-order valence-corrected chi connectivity index (χ1v) is 6.82. The molecule has 0 fully saturated rings. The van der Waals surface area contributed by atoms with Crippen molar-refractivity contribution in [3.8, 4) is 5.75 Å². The molecule has 0 radical (unpaired) electrons. The van der Waals surface area contributed by atoms with E-state index in [1.807, 2.05) is 12.1 Å². The van der Waals surface area contributed by atoms with Gasteiger partial charge in [0.25, 0.3) is 0 Å². The van der Waals surface area contributed by atoms with Gasteiger partial charge in [-0.25, -0.2) is 0 Å². The van der Waals surface area contributed by atoms with Crippen LogP contribution in [0, 0.1) is 0 Å². The third-order valence-corrected chi connectivity index (χ3v) is 4.03. The Kier molecular flexibility index (Phi) is 3.28. The van der Waals surface area contributed by atoms with Crippen molar-refractivity contribution in [3.63, 3.8) is 0 Å². The average molecular weight is 305 g/mol. The number of aromatic hydroxyl groups is 1. The molecule has 0 saturated carbocycles. The summed E-state index contributed by atoms with van der Waals surface area (Å²) in [6.07, 6.45) is 2.37. The van der Waals surface area contributed by atoms with E-state index in [0.29, 0.717) is 27.6 Å². The van der Waals surface area contributed by atoms with Crippen molar-refractivity contribution >= 4 is 35.1 Å². The molecule has 4 heteroatoms. The number of rotatable bonds is 1. The molecule has 0 bridgehead atoms. The van der Waals surface area contributed by atoms with Crippen molar-refractivity contribution < 1.29 is 9.90 Å². The van der Waals surface area contributed by atoms with Crippen molar-refractivity contribution in [2.75, 3.05) is 0 Å². The maximum Gasteiger partial charge on any atom is 0.189 e. The van der Waals surface area contributed by atoms with Crippen molar-refractivity contribution in [2.45, 2.75) is 6.42 Å². The van der Waals surface area contributed by atoms with Gasteiger partial charge in [-0.2, -0.15) is 0 Å². The van der Waals surface area contributed by atoms with Gasteiger partial charge in [0.2, 0.25) is 0 Å². The first kappa shape index (κ1) is 13.2. The normalized spacial score (nSPS) is 15.7. The molecule has 0 atom stereocenters. The molecular weight excluding hydrogens is 295 g/mol. The Morgan fingerprint density at radius 3 is 2.60 bits per heavy atom. The van der Waals surface area contributed by atoms with Gasteiger partial charge in [0.1, 0.15) is 5.75 Å². The molecule has 0 aromatic heterocycles. The summed E-state index contributed by atoms with van der Waals surface area (Å²) in [5, 5.41) is 10.4. The molecule has 0 saturated heterocycles. The van der Waals surface area contributed by atoms with Gasteiger partial charge in [-0.15, -0.1) is 0 Å². The molecule has 1 aliphatic carbocycles. The summed E-state index contributed by atoms with van der Waals surface area (Å²) in [5.41, 5.74) is 3.01. The van der Waals surface area contributed by atoms with Crippen molar-refractivity contribution in [1.29, 1.82) is 0 Å². The van der Waals surface area contributed by atoms with Crippen LogP contribution in [0.15, 0.2) is 42.0 Å². The molecule has 0 aliphatic heterocycles. The third kappa shape index (κ3) is 2.33. The zero-order chi connectivity index (χ0) is 14.3. The van der Waals surface area contributed by atoms with E-state index in [-0.39, 0.29) is 11.5 Å². The van der Waals surface area contributed by atoms with Crippen LogP contribution in [0.3, 0.4) is 0 Å². The summed E-state index contributed by atoms with van der Waals surface area (Å²) in [6, 6.07) is 10.1. The van der Waals surface area contributed by atoms with Crippen LogP contribution in [-0.4, -0.2) is 10.9 Å². The lowest BCUT2D eigenvalue weighted by Gasteiger charge is -1.99. The quantitative estimate of drug-likeness (QED) is 0.786. The second-order valence-corrected chi connectivity index (χ2v) is 5.50. The maximum atomic E-state index is 12.3. The minimum absolute atomic E-state index is 0.0537. The Labute approximate surface area is 126 Å². The molecule has 20 heavy (non-hydrogen) atoms. The average Bonchev–Trinajstić information content (AvgIpc) is 2.71. The summed E-state index contributed by atoms with van der Waals surface area (Å²) >= 11 is 11.8. The van der Waals surface area contributed by atoms with Crippen LogP contribution in [0.5, 0.6) is 5.75 Å². The summed E-state index contributed by atoms with van der Waals surface area (Å²) < 4.78 is 0. The Bertz CT molecular complexity index is 748. The Morgan fingerprint density at radius 1 is 1.05 bits per heavy atom. The fourth-order valence-electron chi connectivity index (χ4n) is 2.31. The van der Waals surface area contributed by atoms with Crippen LogP contribution in [-0.2, 0) is 6.42 Å². The predicted molar refractivity (Wildman–Crippen MR) is 80.6 cm³/mol. The van der Waals surface area contributed by atoms with E-state index in [1.165, 1.54) is 6.07 Å². The first-order valence-electron chi connectivity index (χ1n) is 6.07. The van der Waals surface area contributed by atoms with Crippen LogP contribution < -0.4 is 0 Å². The molecule has 2 aromatic carbocycles. The maximum absolute atomic E-state index is 12.3. The highest BCUT2D eigenvalue weighted by molar-refractivity contribution is 6.42. The van der Waals surface area contributed by atoms with Crippen molar-refractivity contribution in [1.82, 2.24) is 0 Å². The SMILES string of the molecule is O=C1C(=Cc2ccc(Cl)c(Cl)c2)Cc2ccc(O)cc21. The number of halogens is 2. The van der Waals surface area contributed by atoms with E-state index < -0.39 is 0 Å². The molecule has 3 rings (SSSR count). The van der Waals surface area contributed by atoms with E-state index in [1.54, 1.807) is 24.3 Å². The highest BCUT2D eigenvalue weighted by atomic mass is 35.5. The lowest BCUT2D eigenvalue weighted by atomic mass is 10.1. The van der Waals surface area contributed by atoms with E-state index >= 15 is 0 Å². The van der Waals surface area contributed by atoms with Gasteiger partial charge in [0.05, 0.1) is 10.0 Å². The van der Waals surface area contributed by atoms with E-state index in [2.05, 4.69) is 0 Å². The number of Topliss-reactive ketones (excluding diaryl/α,β-unsaturated/α-hetero) is 1. The Balaban J connectivity index is 1.99. The zero-order valence-corrected chi connectivity index (χ0v) is 11.9. The number of carbonyl (C=O) groups is 1. The molecule has 1 aliphatic rings. The van der Waals surface area contributed by atoms with Gasteiger partial charge < -0.3 is 5.11 Å². The number of hydrogen-bond donors (Lipinski definition) is 1. The number of phenolic OH excluding ortho intramolecular Hbond substituents is 1. The number of carbonyl (C=O) groups excluding carboxylic acids is 1. The van der Waals surface area contributed by atoms with Gasteiger partial charge in [-0.05, 0) is 41.5 Å². The minimum atomic E-state index is -0.0537. The first-order chi connectivity index (χ1) is 9.54. The number of hydrogen-bond acceptors (Lipinski definition) is 2. The summed E-state index contributed by atoms with van der Waals surface area (Å²) in [7, 11) is 0. The van der Waals surface area contributed by atoms with E-state index in [0.717, 1.165) is 11.1 Å². The van der Waals surface area contributed by atoms with Gasteiger partial charge in [0, 0.05) is 17.6 Å². The van der Waals surface area contributed by atoms with E-state index in [9.17, 15) is 9.90 Å². The minimum Gasteiger partial charge on any atom is -0.508 e. The van der Waals surface area contributed by atoms with Crippen LogP contribution in [0.1, 0.15) is 21.5 Å². The fraction of sp³-hybridized carbons (Fsp3) is 0.0625. The Morgan fingerprint density at radius 2 is 1.85 bits per heavy atom. The van der Waals surface area contributed by atoms with Crippen LogP contribution >= 0.6 is 23.2 Å². The number of benzene rings is 2. The Hall–Kier alpha value is -1.77. The van der Waals surface area contributed by atoms with Crippen LogP contribution in [0.25, 0.3) is 6.08 Å².